The van der Waals surface area contributed by atoms with Gasteiger partial charge in [-0.05, 0) is 90.5 Å². The van der Waals surface area contributed by atoms with Gasteiger partial charge in [-0.15, -0.1) is 0 Å². The molecule has 0 saturated heterocycles. The molecular formula is C44H76NO8P. The van der Waals surface area contributed by atoms with Crippen molar-refractivity contribution < 1.29 is 37.6 Å². The van der Waals surface area contributed by atoms with Gasteiger partial charge in [-0.3, -0.25) is 18.6 Å². The van der Waals surface area contributed by atoms with Crippen LogP contribution in [0.1, 0.15) is 155 Å². The maximum absolute atomic E-state index is 12.6. The summed E-state index contributed by atoms with van der Waals surface area (Å²) in [6.45, 7) is 4.01. The van der Waals surface area contributed by atoms with E-state index in [1.54, 1.807) is 7.05 Å². The Balaban J connectivity index is 4.34. The lowest BCUT2D eigenvalue weighted by Crippen LogP contribution is -2.29. The molecule has 0 aromatic rings. The van der Waals surface area contributed by atoms with Crippen LogP contribution in [-0.4, -0.2) is 56.3 Å². The minimum absolute atomic E-state index is 0.0290. The molecule has 0 aromatic carbocycles. The molecular weight excluding hydrogens is 701 g/mol. The molecule has 2 unspecified atom stereocenters. The van der Waals surface area contributed by atoms with Crippen molar-refractivity contribution in [3.63, 3.8) is 0 Å². The number of hydrogen-bond acceptors (Lipinski definition) is 8. The van der Waals surface area contributed by atoms with Gasteiger partial charge in [0.05, 0.1) is 13.2 Å². The zero-order valence-electron chi connectivity index (χ0n) is 34.1. The Hall–Kier alpha value is -2.55. The van der Waals surface area contributed by atoms with Gasteiger partial charge in [0.15, 0.2) is 6.10 Å². The zero-order chi connectivity index (χ0) is 39.6. The average Bonchev–Trinajstić information content (AvgIpc) is 3.15. The van der Waals surface area contributed by atoms with Gasteiger partial charge < -0.3 is 19.7 Å². The van der Waals surface area contributed by atoms with Crippen LogP contribution < -0.4 is 5.32 Å². The molecule has 10 heteroatoms. The molecule has 54 heavy (non-hydrogen) atoms. The fraction of sp³-hybridized carbons (Fsp3) is 0.682. The summed E-state index contributed by atoms with van der Waals surface area (Å²) >= 11 is 0. The molecule has 0 heterocycles. The molecule has 0 saturated carbocycles. The molecule has 0 aliphatic carbocycles. The standard InChI is InChI=1S/C44H76NO8P/c1-4-6-8-10-12-14-16-18-20-21-23-25-27-29-31-33-35-37-44(47)53-42(41-52-54(48,49)51-39-38-45-3)40-50-43(46)36-34-32-30-28-26-24-22-19-17-15-13-11-9-7-5-2/h7,9,12-15,18-20,22,26,28,42,45H,4-6,8,10-11,16-17,21,23-25,27,29-41H2,1-3H3,(H,48,49)/b9-7-,14-12-,15-13-,20-18-,22-19-,28-26-. The van der Waals surface area contributed by atoms with Crippen LogP contribution in [0.15, 0.2) is 72.9 Å². The summed E-state index contributed by atoms with van der Waals surface area (Å²) in [5.41, 5.74) is 0. The first-order valence-electron chi connectivity index (χ1n) is 20.9. The van der Waals surface area contributed by atoms with Crippen LogP contribution in [0.5, 0.6) is 0 Å². The largest absolute Gasteiger partial charge is 0.472 e. The van der Waals surface area contributed by atoms with Crippen molar-refractivity contribution in [2.45, 2.75) is 161 Å². The van der Waals surface area contributed by atoms with Gasteiger partial charge >= 0.3 is 19.8 Å². The van der Waals surface area contributed by atoms with Crippen molar-refractivity contribution >= 4 is 19.8 Å². The van der Waals surface area contributed by atoms with Crippen molar-refractivity contribution in [3.05, 3.63) is 72.9 Å². The van der Waals surface area contributed by atoms with Gasteiger partial charge in [0, 0.05) is 19.4 Å². The molecule has 0 aliphatic rings. The summed E-state index contributed by atoms with van der Waals surface area (Å²) in [4.78, 5) is 35.0. The second kappa shape index (κ2) is 40.1. The Morgan fingerprint density at radius 1 is 0.593 bits per heavy atom. The van der Waals surface area contributed by atoms with Crippen LogP contribution in [0.4, 0.5) is 0 Å². The number of phosphoric ester groups is 1. The molecule has 0 aromatic heterocycles. The lowest BCUT2D eigenvalue weighted by atomic mass is 10.1. The maximum Gasteiger partial charge on any atom is 0.472 e. The fourth-order valence-corrected chi connectivity index (χ4v) is 5.91. The van der Waals surface area contributed by atoms with E-state index in [-0.39, 0.29) is 26.1 Å². The highest BCUT2D eigenvalue weighted by molar-refractivity contribution is 7.47. The van der Waals surface area contributed by atoms with E-state index in [2.05, 4.69) is 92.1 Å². The topological polar surface area (TPSA) is 120 Å². The molecule has 0 radical (unpaired) electrons. The molecule has 0 aliphatic heterocycles. The summed E-state index contributed by atoms with van der Waals surface area (Å²) in [6, 6.07) is 0. The lowest BCUT2D eigenvalue weighted by Gasteiger charge is -2.20. The Bertz CT molecular complexity index is 1110. The molecule has 0 spiro atoms. The monoisotopic (exact) mass is 778 g/mol. The fourth-order valence-electron chi connectivity index (χ4n) is 5.16. The van der Waals surface area contributed by atoms with Crippen molar-refractivity contribution in [1.82, 2.24) is 5.32 Å². The van der Waals surface area contributed by atoms with E-state index in [1.165, 1.54) is 44.9 Å². The van der Waals surface area contributed by atoms with E-state index in [0.29, 0.717) is 19.4 Å². The van der Waals surface area contributed by atoms with Gasteiger partial charge in [-0.25, -0.2) is 4.57 Å². The molecule has 2 atom stereocenters. The number of unbranched alkanes of at least 4 members (excludes halogenated alkanes) is 12. The number of carbonyl (C=O) groups excluding carboxylic acids is 2. The van der Waals surface area contributed by atoms with Crippen LogP contribution in [0.2, 0.25) is 0 Å². The molecule has 0 rings (SSSR count). The highest BCUT2D eigenvalue weighted by Gasteiger charge is 2.26. The lowest BCUT2D eigenvalue weighted by molar-refractivity contribution is -0.161. The Morgan fingerprint density at radius 2 is 1.06 bits per heavy atom. The summed E-state index contributed by atoms with van der Waals surface area (Å²) in [7, 11) is -2.67. The third-order valence-electron chi connectivity index (χ3n) is 8.31. The van der Waals surface area contributed by atoms with E-state index < -0.39 is 32.5 Å². The predicted molar refractivity (Wildman–Crippen MR) is 224 cm³/mol. The van der Waals surface area contributed by atoms with Gasteiger partial charge in [0.25, 0.3) is 0 Å². The number of ether oxygens (including phenoxy) is 2. The van der Waals surface area contributed by atoms with E-state index in [0.717, 1.165) is 70.6 Å². The first-order chi connectivity index (χ1) is 26.3. The first-order valence-corrected chi connectivity index (χ1v) is 22.4. The highest BCUT2D eigenvalue weighted by atomic mass is 31.2. The van der Waals surface area contributed by atoms with Crippen molar-refractivity contribution in [1.29, 1.82) is 0 Å². The van der Waals surface area contributed by atoms with Gasteiger partial charge in [0.2, 0.25) is 0 Å². The van der Waals surface area contributed by atoms with Crippen LogP contribution in [0.25, 0.3) is 0 Å². The minimum Gasteiger partial charge on any atom is -0.462 e. The number of esters is 2. The predicted octanol–water partition coefficient (Wildman–Crippen LogP) is 11.8. The number of phosphoric acid groups is 1. The van der Waals surface area contributed by atoms with E-state index in [4.69, 9.17) is 18.5 Å². The van der Waals surface area contributed by atoms with E-state index in [9.17, 15) is 19.0 Å². The summed E-state index contributed by atoms with van der Waals surface area (Å²) in [5, 5.41) is 2.81. The third kappa shape index (κ3) is 39.2. The molecule has 0 amide bonds. The first kappa shape index (κ1) is 51.5. The zero-order valence-corrected chi connectivity index (χ0v) is 35.0. The molecule has 310 valence electrons. The van der Waals surface area contributed by atoms with E-state index in [1.807, 2.05) is 0 Å². The number of carbonyl (C=O) groups is 2. The van der Waals surface area contributed by atoms with Gasteiger partial charge in [0.1, 0.15) is 6.61 Å². The Morgan fingerprint density at radius 3 is 1.61 bits per heavy atom. The number of allylic oxidation sites excluding steroid dienone is 12. The molecule has 0 bridgehead atoms. The van der Waals surface area contributed by atoms with Gasteiger partial charge in [-0.2, -0.15) is 0 Å². The van der Waals surface area contributed by atoms with Gasteiger partial charge in [-0.1, -0.05) is 132 Å². The van der Waals surface area contributed by atoms with Crippen LogP contribution in [-0.2, 0) is 32.7 Å². The maximum atomic E-state index is 12.6. The second-order valence-corrected chi connectivity index (χ2v) is 14.9. The van der Waals surface area contributed by atoms with Crippen molar-refractivity contribution in [2.75, 3.05) is 33.4 Å². The molecule has 2 N–H and O–H groups in total. The molecule has 9 nitrogen and oxygen atoms in total. The summed E-state index contributed by atoms with van der Waals surface area (Å²) in [6.07, 6.45) is 46.6. The Labute approximate surface area is 329 Å². The van der Waals surface area contributed by atoms with Crippen molar-refractivity contribution in [2.24, 2.45) is 0 Å². The van der Waals surface area contributed by atoms with E-state index >= 15 is 0 Å². The third-order valence-corrected chi connectivity index (χ3v) is 9.29. The normalized spacial score (nSPS) is 14.1. The van der Waals surface area contributed by atoms with Crippen LogP contribution in [0, 0.1) is 0 Å². The smallest absolute Gasteiger partial charge is 0.462 e. The number of hydrogen-bond donors (Lipinski definition) is 2. The second-order valence-electron chi connectivity index (χ2n) is 13.4. The quantitative estimate of drug-likeness (QED) is 0.0273. The number of likely N-dealkylation sites (N-methyl/N-ethyl adjacent to an activating group) is 1. The molecule has 0 fully saturated rings. The number of rotatable bonds is 38. The number of nitrogens with one attached hydrogen (secondary N) is 1. The minimum atomic E-state index is -4.36. The van der Waals surface area contributed by atoms with Crippen LogP contribution >= 0.6 is 7.82 Å². The van der Waals surface area contributed by atoms with Crippen molar-refractivity contribution in [3.8, 4) is 0 Å². The summed E-state index contributed by atoms with van der Waals surface area (Å²) in [5.74, 6) is -0.871. The van der Waals surface area contributed by atoms with Crippen LogP contribution in [0.3, 0.4) is 0 Å². The average molecular weight is 778 g/mol. The summed E-state index contributed by atoms with van der Waals surface area (Å²) < 4.78 is 33.1. The Kier molecular flexibility index (Phi) is 38.2. The SMILES string of the molecule is CC/C=C\C/C=C\C/C=C\C/C=C\CCCCC(=O)OCC(COP(=O)(O)OCCNC)OC(=O)CCCCCCCCC/C=C\C/C=C\CCCCC. The highest BCUT2D eigenvalue weighted by Crippen LogP contribution is 2.43.